The van der Waals surface area contributed by atoms with Crippen molar-refractivity contribution >= 4 is 5.97 Å². The van der Waals surface area contributed by atoms with Crippen molar-refractivity contribution in [3.63, 3.8) is 0 Å². The van der Waals surface area contributed by atoms with Crippen molar-refractivity contribution in [2.24, 2.45) is 11.8 Å². The lowest BCUT2D eigenvalue weighted by Gasteiger charge is -2.23. The summed E-state index contributed by atoms with van der Waals surface area (Å²) < 4.78 is 42.2. The second-order valence-electron chi connectivity index (χ2n) is 3.38. The van der Waals surface area contributed by atoms with E-state index in [-0.39, 0.29) is 0 Å². The van der Waals surface area contributed by atoms with E-state index in [2.05, 4.69) is 0 Å². The minimum absolute atomic E-state index is 0.927. The van der Waals surface area contributed by atoms with Crippen LogP contribution in [0, 0.1) is 11.8 Å². The van der Waals surface area contributed by atoms with Crippen LogP contribution < -0.4 is 0 Å². The quantitative estimate of drug-likeness (QED) is 0.658. The van der Waals surface area contributed by atoms with Gasteiger partial charge in [0.15, 0.2) is 0 Å². The number of rotatable bonds is 1. The van der Waals surface area contributed by atoms with E-state index < -0.39 is 36.2 Å². The first-order chi connectivity index (χ1) is 6.41. The van der Waals surface area contributed by atoms with Crippen molar-refractivity contribution in [1.82, 2.24) is 0 Å². The van der Waals surface area contributed by atoms with Crippen LogP contribution in [0.25, 0.3) is 0 Å². The first-order valence-electron chi connectivity index (χ1n) is 4.04. The molecule has 4 unspecified atom stereocenters. The van der Waals surface area contributed by atoms with Crippen molar-refractivity contribution < 1.29 is 27.8 Å². The average molecular weight is 208 g/mol. The second kappa shape index (κ2) is 2.73. The number of ether oxygens (including phenoxy) is 1. The maximum atomic E-state index is 12.5. The van der Waals surface area contributed by atoms with Crippen molar-refractivity contribution in [2.75, 3.05) is 0 Å². The molecule has 4 atom stereocenters. The molecule has 0 spiro atoms. The Hall–Kier alpha value is -1.04. The number of halogens is 3. The van der Waals surface area contributed by atoms with Crippen LogP contribution in [0.15, 0.2) is 12.2 Å². The lowest BCUT2D eigenvalue weighted by atomic mass is 9.82. The van der Waals surface area contributed by atoms with Crippen LogP contribution in [0.3, 0.4) is 0 Å². The van der Waals surface area contributed by atoms with Crippen LogP contribution in [0.5, 0.6) is 0 Å². The van der Waals surface area contributed by atoms with E-state index in [0.29, 0.717) is 0 Å². The molecule has 2 heterocycles. The maximum absolute atomic E-state index is 12.5. The van der Waals surface area contributed by atoms with Crippen molar-refractivity contribution in [2.45, 2.75) is 18.4 Å². The van der Waals surface area contributed by atoms with E-state index in [9.17, 15) is 18.0 Å². The molecule has 1 N–H and O–H groups in total. The normalized spacial score (nSPS) is 40.5. The highest BCUT2D eigenvalue weighted by Crippen LogP contribution is 2.47. The number of carboxylic acids is 1. The first kappa shape index (κ1) is 9.51. The minimum Gasteiger partial charge on any atom is -0.481 e. The summed E-state index contributed by atoms with van der Waals surface area (Å²) >= 11 is 0. The molecule has 2 rings (SSSR count). The molecule has 0 aromatic carbocycles. The molecule has 0 radical (unpaired) electrons. The lowest BCUT2D eigenvalue weighted by molar-refractivity contribution is -0.196. The molecule has 6 heteroatoms. The Labute approximate surface area is 77.2 Å². The molecule has 2 aliphatic rings. The Morgan fingerprint density at radius 2 is 1.86 bits per heavy atom. The Morgan fingerprint density at radius 3 is 2.29 bits per heavy atom. The molecular formula is C8H7F3O3. The number of carbonyl (C=O) groups is 1. The zero-order valence-corrected chi connectivity index (χ0v) is 6.86. The lowest BCUT2D eigenvalue weighted by Crippen LogP contribution is -2.40. The van der Waals surface area contributed by atoms with Crippen LogP contribution >= 0.6 is 0 Å². The summed E-state index contributed by atoms with van der Waals surface area (Å²) in [5.41, 5.74) is 0. The number of alkyl halides is 3. The highest BCUT2D eigenvalue weighted by atomic mass is 19.4. The first-order valence-corrected chi connectivity index (χ1v) is 4.04. The highest BCUT2D eigenvalue weighted by molar-refractivity contribution is 5.73. The molecule has 0 aromatic heterocycles. The topological polar surface area (TPSA) is 46.5 Å². The number of carboxylic acid groups (broad SMARTS) is 1. The zero-order chi connectivity index (χ0) is 10.5. The summed E-state index contributed by atoms with van der Waals surface area (Å²) in [6, 6.07) is 0. The van der Waals surface area contributed by atoms with E-state index in [0.717, 1.165) is 0 Å². The molecule has 1 saturated heterocycles. The van der Waals surface area contributed by atoms with Crippen LogP contribution in [0.2, 0.25) is 0 Å². The summed E-state index contributed by atoms with van der Waals surface area (Å²) in [7, 11) is 0. The molecule has 2 aliphatic heterocycles. The molecule has 0 aliphatic carbocycles. The smallest absolute Gasteiger partial charge is 0.395 e. The predicted molar refractivity (Wildman–Crippen MR) is 38.5 cm³/mol. The van der Waals surface area contributed by atoms with Crippen LogP contribution in [-0.2, 0) is 9.53 Å². The van der Waals surface area contributed by atoms with Gasteiger partial charge in [-0.2, -0.15) is 13.2 Å². The summed E-state index contributed by atoms with van der Waals surface area (Å²) in [4.78, 5) is 10.6. The molecule has 2 bridgehead atoms. The van der Waals surface area contributed by atoms with Gasteiger partial charge >= 0.3 is 12.1 Å². The van der Waals surface area contributed by atoms with Crippen LogP contribution in [-0.4, -0.2) is 29.5 Å². The Kier molecular flexibility index (Phi) is 1.85. The van der Waals surface area contributed by atoms with Gasteiger partial charge < -0.3 is 9.84 Å². The fraction of sp³-hybridized carbons (Fsp3) is 0.625. The van der Waals surface area contributed by atoms with E-state index in [4.69, 9.17) is 9.84 Å². The van der Waals surface area contributed by atoms with Crippen molar-refractivity contribution in [3.05, 3.63) is 12.2 Å². The molecule has 3 nitrogen and oxygen atoms in total. The van der Waals surface area contributed by atoms with Crippen LogP contribution in [0.1, 0.15) is 0 Å². The van der Waals surface area contributed by atoms with Gasteiger partial charge in [-0.15, -0.1) is 0 Å². The molecule has 14 heavy (non-hydrogen) atoms. The van der Waals surface area contributed by atoms with Crippen LogP contribution in [0.4, 0.5) is 13.2 Å². The van der Waals surface area contributed by atoms with Gasteiger partial charge in [0.2, 0.25) is 0 Å². The number of aliphatic carboxylic acids is 1. The molecule has 0 amide bonds. The SMILES string of the molecule is O=C(O)C1C2C=CC(O2)C1C(F)(F)F. The standard InChI is InChI=1S/C8H7F3O3/c9-8(10,11)6-4-2-1-3(14-4)5(6)7(12)13/h1-6H,(H,12,13). The highest BCUT2D eigenvalue weighted by Gasteiger charge is 2.60. The molecule has 78 valence electrons. The monoisotopic (exact) mass is 208 g/mol. The molecular weight excluding hydrogens is 201 g/mol. The summed E-state index contributed by atoms with van der Waals surface area (Å²) in [5.74, 6) is -4.86. The maximum Gasteiger partial charge on any atom is 0.395 e. The average Bonchev–Trinajstić information content (AvgIpc) is 2.58. The van der Waals surface area contributed by atoms with Gasteiger partial charge in [0.05, 0.1) is 12.2 Å². The summed E-state index contributed by atoms with van der Waals surface area (Å²) in [6.07, 6.45) is -3.91. The van der Waals surface area contributed by atoms with Gasteiger partial charge in [-0.3, -0.25) is 4.79 Å². The van der Waals surface area contributed by atoms with Gasteiger partial charge in [0.25, 0.3) is 0 Å². The van der Waals surface area contributed by atoms with E-state index in [1.165, 1.54) is 12.2 Å². The van der Waals surface area contributed by atoms with Crippen molar-refractivity contribution in [1.29, 1.82) is 0 Å². The summed E-state index contributed by atoms with van der Waals surface area (Å²) in [5, 5.41) is 8.66. The van der Waals surface area contributed by atoms with Gasteiger partial charge in [-0.05, 0) is 0 Å². The third-order valence-electron chi connectivity index (χ3n) is 2.56. The third kappa shape index (κ3) is 1.21. The third-order valence-corrected chi connectivity index (χ3v) is 2.56. The predicted octanol–water partition coefficient (Wildman–Crippen LogP) is 1.20. The van der Waals surface area contributed by atoms with Gasteiger partial charge in [0.1, 0.15) is 11.8 Å². The van der Waals surface area contributed by atoms with Gasteiger partial charge in [-0.25, -0.2) is 0 Å². The van der Waals surface area contributed by atoms with Gasteiger partial charge in [-0.1, -0.05) is 12.2 Å². The molecule has 0 aromatic rings. The fourth-order valence-corrected chi connectivity index (χ4v) is 1.99. The van der Waals surface area contributed by atoms with Crippen molar-refractivity contribution in [3.8, 4) is 0 Å². The number of hydrogen-bond donors (Lipinski definition) is 1. The summed E-state index contributed by atoms with van der Waals surface area (Å²) in [6.45, 7) is 0. The Balaban J connectivity index is 2.31. The Morgan fingerprint density at radius 1 is 1.29 bits per heavy atom. The Bertz CT molecular complexity index is 297. The number of hydrogen-bond acceptors (Lipinski definition) is 2. The zero-order valence-electron chi connectivity index (χ0n) is 6.86. The fourth-order valence-electron chi connectivity index (χ4n) is 1.99. The van der Waals surface area contributed by atoms with E-state index in [1.807, 2.05) is 0 Å². The number of fused-ring (bicyclic) bond motifs is 2. The molecule has 1 fully saturated rings. The van der Waals surface area contributed by atoms with E-state index in [1.54, 1.807) is 0 Å². The van der Waals surface area contributed by atoms with E-state index >= 15 is 0 Å². The van der Waals surface area contributed by atoms with Gasteiger partial charge in [0, 0.05) is 0 Å². The second-order valence-corrected chi connectivity index (χ2v) is 3.38. The molecule has 0 saturated carbocycles. The minimum atomic E-state index is -4.52. The largest absolute Gasteiger partial charge is 0.481 e.